The number of carbonyl (C=O) groups excluding carboxylic acids is 3. The number of likely N-dealkylation sites (N-methyl/N-ethyl adjacent to an activating group) is 1. The van der Waals surface area contributed by atoms with Crippen LogP contribution in [0.2, 0.25) is 5.02 Å². The quantitative estimate of drug-likeness (QED) is 0.277. The van der Waals surface area contributed by atoms with E-state index in [4.69, 9.17) is 16.6 Å². The molecule has 8 heteroatoms. The van der Waals surface area contributed by atoms with Gasteiger partial charge in [-0.25, -0.2) is 4.98 Å². The van der Waals surface area contributed by atoms with Crippen molar-refractivity contribution < 1.29 is 14.4 Å². The van der Waals surface area contributed by atoms with Gasteiger partial charge in [0.2, 0.25) is 5.91 Å². The van der Waals surface area contributed by atoms with E-state index in [0.717, 1.165) is 47.3 Å². The first-order valence-corrected chi connectivity index (χ1v) is 14.6. The maximum atomic E-state index is 13.6. The number of amides is 1. The predicted octanol–water partition coefficient (Wildman–Crippen LogP) is 6.01. The number of aromatic nitrogens is 1. The molecule has 2 aromatic rings. The molecule has 1 aromatic carbocycles. The van der Waals surface area contributed by atoms with Gasteiger partial charge in [0.15, 0.2) is 5.78 Å². The predicted molar refractivity (Wildman–Crippen MR) is 152 cm³/mol. The summed E-state index contributed by atoms with van der Waals surface area (Å²) in [6.45, 7) is 6.46. The zero-order chi connectivity index (χ0) is 26.9. The van der Waals surface area contributed by atoms with Crippen LogP contribution in [0.15, 0.2) is 30.4 Å². The number of fused-ring (bicyclic) bond motifs is 1. The van der Waals surface area contributed by atoms with Crippen molar-refractivity contribution in [1.82, 2.24) is 15.2 Å². The number of benzene rings is 1. The van der Waals surface area contributed by atoms with Crippen LogP contribution < -0.4 is 5.32 Å². The number of carbonyl (C=O) groups is 3. The van der Waals surface area contributed by atoms with Crippen LogP contribution in [-0.2, 0) is 20.8 Å². The summed E-state index contributed by atoms with van der Waals surface area (Å²) in [4.78, 5) is 45.6. The highest BCUT2D eigenvalue weighted by Gasteiger charge is 2.31. The molecule has 0 saturated heterocycles. The van der Waals surface area contributed by atoms with Crippen LogP contribution in [0.5, 0.6) is 0 Å². The lowest BCUT2D eigenvalue weighted by Crippen LogP contribution is -2.44. The third-order valence-electron chi connectivity index (χ3n) is 7.07. The summed E-state index contributed by atoms with van der Waals surface area (Å²) < 4.78 is 0.974. The Balaban J connectivity index is 1.73. The second kappa shape index (κ2) is 14.2. The molecular formula is C29H40ClN3O3S. The van der Waals surface area contributed by atoms with Gasteiger partial charge in [0.25, 0.3) is 0 Å². The third kappa shape index (κ3) is 9.01. The van der Waals surface area contributed by atoms with E-state index >= 15 is 0 Å². The molecule has 0 radical (unpaired) electrons. The summed E-state index contributed by atoms with van der Waals surface area (Å²) in [7, 11) is 3.83. The molecule has 1 aromatic heterocycles. The molecule has 0 spiro atoms. The van der Waals surface area contributed by atoms with Crippen LogP contribution in [0.4, 0.5) is 0 Å². The summed E-state index contributed by atoms with van der Waals surface area (Å²) >= 11 is 7.66. The molecule has 0 unspecified atom stereocenters. The fourth-order valence-electron chi connectivity index (χ4n) is 5.18. The van der Waals surface area contributed by atoms with Gasteiger partial charge in [0, 0.05) is 48.9 Å². The molecule has 1 amide bonds. The number of hydrogen-bond acceptors (Lipinski definition) is 6. The van der Waals surface area contributed by atoms with Gasteiger partial charge in [-0.1, -0.05) is 37.9 Å². The Bertz CT molecular complexity index is 1110. The lowest BCUT2D eigenvalue weighted by molar-refractivity contribution is -0.130. The Kier molecular flexibility index (Phi) is 11.3. The van der Waals surface area contributed by atoms with Crippen LogP contribution in [0.1, 0.15) is 69.7 Å². The fourth-order valence-corrected chi connectivity index (χ4v) is 6.50. The number of ketones is 2. The lowest BCUT2D eigenvalue weighted by atomic mass is 9.90. The first-order chi connectivity index (χ1) is 17.7. The normalized spacial score (nSPS) is 15.7. The molecule has 6 nitrogen and oxygen atoms in total. The SMILES string of the molecule is C=C(CN(C)C)C(=O)CC[C@@H](NC(=O)[C@@H](CC(=O)CCC)Cc1nc2ccc(Cl)cc2s1)C1CCCC1. The molecule has 0 bridgehead atoms. The van der Waals surface area contributed by atoms with Crippen molar-refractivity contribution in [2.45, 2.75) is 77.2 Å². The van der Waals surface area contributed by atoms with Gasteiger partial charge >= 0.3 is 0 Å². The van der Waals surface area contributed by atoms with E-state index in [2.05, 4.69) is 11.9 Å². The van der Waals surface area contributed by atoms with Gasteiger partial charge in [-0.3, -0.25) is 14.4 Å². The maximum Gasteiger partial charge on any atom is 0.224 e. The summed E-state index contributed by atoms with van der Waals surface area (Å²) in [6.07, 6.45) is 7.19. The zero-order valence-electron chi connectivity index (χ0n) is 22.4. The van der Waals surface area contributed by atoms with Crippen molar-refractivity contribution in [3.8, 4) is 0 Å². The molecule has 1 aliphatic rings. The Labute approximate surface area is 229 Å². The average Bonchev–Trinajstić information content (AvgIpc) is 3.50. The molecule has 1 N–H and O–H groups in total. The molecule has 1 saturated carbocycles. The molecule has 1 aliphatic carbocycles. The van der Waals surface area contributed by atoms with Gasteiger partial charge < -0.3 is 10.2 Å². The van der Waals surface area contributed by atoms with E-state index in [9.17, 15) is 14.4 Å². The highest BCUT2D eigenvalue weighted by molar-refractivity contribution is 7.18. The summed E-state index contributed by atoms with van der Waals surface area (Å²) in [5, 5.41) is 4.76. The number of nitrogens with one attached hydrogen (secondary N) is 1. The van der Waals surface area contributed by atoms with Crippen molar-refractivity contribution in [2.24, 2.45) is 11.8 Å². The minimum absolute atomic E-state index is 0.0498. The summed E-state index contributed by atoms with van der Waals surface area (Å²) in [5.41, 5.74) is 1.45. The van der Waals surface area contributed by atoms with Gasteiger partial charge in [0.1, 0.15) is 5.78 Å². The van der Waals surface area contributed by atoms with E-state index in [0.29, 0.717) is 48.7 Å². The Morgan fingerprint density at radius 3 is 2.62 bits per heavy atom. The molecule has 2 atom stereocenters. The van der Waals surface area contributed by atoms with E-state index in [-0.39, 0.29) is 29.9 Å². The van der Waals surface area contributed by atoms with Crippen molar-refractivity contribution in [2.75, 3.05) is 20.6 Å². The highest BCUT2D eigenvalue weighted by atomic mass is 35.5. The number of rotatable bonds is 15. The van der Waals surface area contributed by atoms with Crippen LogP contribution in [0, 0.1) is 11.8 Å². The van der Waals surface area contributed by atoms with Crippen molar-refractivity contribution in [3.63, 3.8) is 0 Å². The van der Waals surface area contributed by atoms with Crippen molar-refractivity contribution in [3.05, 3.63) is 40.4 Å². The highest BCUT2D eigenvalue weighted by Crippen LogP contribution is 2.31. The standard InChI is InChI=1S/C29H40ClN3O3S/c1-5-8-23(34)15-21(16-28-31-25-12-11-22(30)17-27(25)37-28)29(36)32-24(20-9-6-7-10-20)13-14-26(35)19(2)18-33(3)4/h11-12,17,20-21,24H,2,5-10,13-16,18H2,1,3-4H3,(H,32,36)/t21-,24+/m0/s1. The van der Waals surface area contributed by atoms with E-state index in [1.165, 1.54) is 11.3 Å². The number of hydrogen-bond donors (Lipinski definition) is 1. The van der Waals surface area contributed by atoms with E-state index < -0.39 is 5.92 Å². The van der Waals surface area contributed by atoms with Gasteiger partial charge in [-0.15, -0.1) is 11.3 Å². The van der Waals surface area contributed by atoms with E-state index in [1.54, 1.807) is 0 Å². The number of Topliss-reactive ketones (excluding diaryl/α,β-unsaturated/α-hetero) is 2. The monoisotopic (exact) mass is 545 g/mol. The Morgan fingerprint density at radius 2 is 1.95 bits per heavy atom. The Morgan fingerprint density at radius 1 is 1.22 bits per heavy atom. The van der Waals surface area contributed by atoms with E-state index in [1.807, 2.05) is 44.1 Å². The van der Waals surface area contributed by atoms with Gasteiger partial charge in [-0.05, 0) is 63.9 Å². The average molecular weight is 546 g/mol. The maximum absolute atomic E-state index is 13.6. The second-order valence-electron chi connectivity index (χ2n) is 10.6. The first-order valence-electron chi connectivity index (χ1n) is 13.4. The largest absolute Gasteiger partial charge is 0.353 e. The minimum Gasteiger partial charge on any atom is -0.353 e. The molecule has 37 heavy (non-hydrogen) atoms. The molecule has 0 aliphatic heterocycles. The van der Waals surface area contributed by atoms with Crippen LogP contribution in [0.3, 0.4) is 0 Å². The number of nitrogens with zero attached hydrogens (tertiary/aromatic N) is 2. The first kappa shape index (κ1) is 29.5. The third-order valence-corrected chi connectivity index (χ3v) is 8.35. The van der Waals surface area contributed by atoms with Crippen LogP contribution >= 0.6 is 22.9 Å². The van der Waals surface area contributed by atoms with Gasteiger partial charge in [-0.2, -0.15) is 0 Å². The Hall–Kier alpha value is -2.09. The summed E-state index contributed by atoms with van der Waals surface area (Å²) in [5.74, 6) is -0.0970. The molecule has 1 heterocycles. The van der Waals surface area contributed by atoms with Crippen molar-refractivity contribution >= 4 is 50.6 Å². The van der Waals surface area contributed by atoms with Gasteiger partial charge in [0.05, 0.1) is 21.1 Å². The minimum atomic E-state index is -0.488. The lowest BCUT2D eigenvalue weighted by Gasteiger charge is -2.27. The second-order valence-corrected chi connectivity index (χ2v) is 12.1. The van der Waals surface area contributed by atoms with Crippen molar-refractivity contribution in [1.29, 1.82) is 0 Å². The molecule has 1 fully saturated rings. The fraction of sp³-hybridized carbons (Fsp3) is 0.586. The van der Waals surface area contributed by atoms with Crippen LogP contribution in [0.25, 0.3) is 10.2 Å². The van der Waals surface area contributed by atoms with Crippen LogP contribution in [-0.4, -0.2) is 54.0 Å². The molecule has 3 rings (SSSR count). The molecular weight excluding hydrogens is 506 g/mol. The summed E-state index contributed by atoms with van der Waals surface area (Å²) in [6, 6.07) is 5.49. The molecule has 202 valence electrons. The smallest absolute Gasteiger partial charge is 0.224 e. The number of thiazole rings is 1. The number of halogens is 1. The topological polar surface area (TPSA) is 79.4 Å². The zero-order valence-corrected chi connectivity index (χ0v) is 23.9.